The number of hydrogen-bond donors (Lipinski definition) is 1. The van der Waals surface area contributed by atoms with E-state index < -0.39 is 0 Å². The summed E-state index contributed by atoms with van der Waals surface area (Å²) in [6, 6.07) is 10.6. The van der Waals surface area contributed by atoms with Crippen molar-refractivity contribution in [2.24, 2.45) is 0 Å². The van der Waals surface area contributed by atoms with Crippen molar-refractivity contribution in [1.82, 2.24) is 20.1 Å². The number of benzene rings is 1. The summed E-state index contributed by atoms with van der Waals surface area (Å²) in [6.07, 6.45) is 5.62. The van der Waals surface area contributed by atoms with E-state index in [1.54, 1.807) is 6.20 Å². The van der Waals surface area contributed by atoms with E-state index in [0.29, 0.717) is 6.54 Å². The van der Waals surface area contributed by atoms with E-state index in [0.717, 1.165) is 37.1 Å². The van der Waals surface area contributed by atoms with Crippen LogP contribution in [0.25, 0.3) is 0 Å². The van der Waals surface area contributed by atoms with Gasteiger partial charge >= 0.3 is 6.03 Å². The molecular formula is C23H32N4O. The highest BCUT2D eigenvalue weighted by molar-refractivity contribution is 5.75. The highest BCUT2D eigenvalue weighted by Gasteiger charge is 2.28. The predicted molar refractivity (Wildman–Crippen MR) is 113 cm³/mol. The van der Waals surface area contributed by atoms with Gasteiger partial charge in [0, 0.05) is 25.0 Å². The number of likely N-dealkylation sites (tertiary alicyclic amines) is 1. The number of carbonyl (C=O) groups is 1. The molecule has 5 nitrogen and oxygen atoms in total. The van der Waals surface area contributed by atoms with Crippen LogP contribution in [-0.2, 0) is 6.54 Å². The third-order valence-corrected chi connectivity index (χ3v) is 5.84. The molecule has 2 amide bonds. The zero-order valence-corrected chi connectivity index (χ0v) is 17.5. The number of aromatic nitrogens is 1. The lowest BCUT2D eigenvalue weighted by Crippen LogP contribution is -2.50. The molecule has 1 fully saturated rings. The number of piperidine rings is 1. The Balaban J connectivity index is 1.74. The number of nitrogens with one attached hydrogen (secondary N) is 1. The van der Waals surface area contributed by atoms with E-state index >= 15 is 0 Å². The summed E-state index contributed by atoms with van der Waals surface area (Å²) in [7, 11) is 2.14. The second-order valence-corrected chi connectivity index (χ2v) is 8.04. The van der Waals surface area contributed by atoms with Crippen LogP contribution in [0.15, 0.2) is 42.7 Å². The van der Waals surface area contributed by atoms with Crippen molar-refractivity contribution in [3.8, 4) is 0 Å². The van der Waals surface area contributed by atoms with Gasteiger partial charge in [0.05, 0.1) is 6.04 Å². The van der Waals surface area contributed by atoms with Gasteiger partial charge in [0.15, 0.2) is 0 Å². The van der Waals surface area contributed by atoms with Crippen molar-refractivity contribution in [1.29, 1.82) is 0 Å². The standard InChI is InChI=1S/C23H32N4O/c1-17-7-8-21(14-18(17)2)19(3)25-23(28)27(16-20-6-5-11-24-15-20)22-9-12-26(4)13-10-22/h5-8,11,14-15,19,22H,9-10,12-13,16H2,1-4H3,(H,25,28). The van der Waals surface area contributed by atoms with Gasteiger partial charge < -0.3 is 15.1 Å². The molecule has 0 bridgehead atoms. The average Bonchev–Trinajstić information content (AvgIpc) is 2.69. The summed E-state index contributed by atoms with van der Waals surface area (Å²) in [5, 5.41) is 3.22. The van der Waals surface area contributed by atoms with E-state index in [4.69, 9.17) is 0 Å². The molecule has 0 aliphatic carbocycles. The fraction of sp³-hybridized carbons (Fsp3) is 0.478. The van der Waals surface area contributed by atoms with E-state index in [1.165, 1.54) is 11.1 Å². The molecule has 5 heteroatoms. The summed E-state index contributed by atoms with van der Waals surface area (Å²) in [4.78, 5) is 21.8. The van der Waals surface area contributed by atoms with Crippen molar-refractivity contribution in [3.05, 3.63) is 65.0 Å². The van der Waals surface area contributed by atoms with E-state index in [2.05, 4.69) is 61.2 Å². The number of pyridine rings is 1. The van der Waals surface area contributed by atoms with Crippen LogP contribution in [0.4, 0.5) is 4.79 Å². The number of urea groups is 1. The first-order chi connectivity index (χ1) is 13.4. The Hall–Kier alpha value is -2.40. The minimum Gasteiger partial charge on any atom is -0.331 e. The number of nitrogens with zero attached hydrogens (tertiary/aromatic N) is 3. The number of amides is 2. The van der Waals surface area contributed by atoms with Gasteiger partial charge in [-0.2, -0.15) is 0 Å². The average molecular weight is 381 g/mol. The fourth-order valence-corrected chi connectivity index (χ4v) is 3.75. The van der Waals surface area contributed by atoms with Crippen molar-refractivity contribution >= 4 is 6.03 Å². The monoisotopic (exact) mass is 380 g/mol. The molecule has 0 radical (unpaired) electrons. The predicted octanol–water partition coefficient (Wildman–Crippen LogP) is 4.07. The molecule has 1 aliphatic heterocycles. The second-order valence-electron chi connectivity index (χ2n) is 8.04. The molecule has 2 heterocycles. The van der Waals surface area contributed by atoms with Crippen molar-refractivity contribution < 1.29 is 4.79 Å². The van der Waals surface area contributed by atoms with Gasteiger partial charge in [-0.25, -0.2) is 4.79 Å². The van der Waals surface area contributed by atoms with Gasteiger partial charge in [0.2, 0.25) is 0 Å². The molecular weight excluding hydrogens is 348 g/mol. The molecule has 1 aromatic heterocycles. The smallest absolute Gasteiger partial charge is 0.318 e. The zero-order valence-electron chi connectivity index (χ0n) is 17.5. The van der Waals surface area contributed by atoms with Crippen LogP contribution in [0.1, 0.15) is 48.1 Å². The SMILES string of the molecule is Cc1ccc(C(C)NC(=O)N(Cc2cccnc2)C2CCN(C)CC2)cc1C. The number of rotatable bonds is 5. The third-order valence-electron chi connectivity index (χ3n) is 5.84. The quantitative estimate of drug-likeness (QED) is 0.851. The van der Waals surface area contributed by atoms with Crippen LogP contribution in [0, 0.1) is 13.8 Å². The Morgan fingerprint density at radius 2 is 2.00 bits per heavy atom. The molecule has 1 atom stereocenters. The molecule has 0 spiro atoms. The first kappa shape index (κ1) is 20.3. The third kappa shape index (κ3) is 5.10. The first-order valence-corrected chi connectivity index (χ1v) is 10.2. The Kier molecular flexibility index (Phi) is 6.68. The van der Waals surface area contributed by atoms with Gasteiger partial charge in [-0.05, 0) is 82.1 Å². The van der Waals surface area contributed by atoms with Gasteiger partial charge in [0.1, 0.15) is 0 Å². The molecule has 1 aliphatic rings. The Labute approximate surface area is 168 Å². The molecule has 3 rings (SSSR count). The lowest BCUT2D eigenvalue weighted by atomic mass is 10.0. The minimum absolute atomic E-state index is 0.00383. The maximum Gasteiger partial charge on any atom is 0.318 e. The highest BCUT2D eigenvalue weighted by atomic mass is 16.2. The van der Waals surface area contributed by atoms with E-state index in [-0.39, 0.29) is 18.1 Å². The van der Waals surface area contributed by atoms with Crippen LogP contribution < -0.4 is 5.32 Å². The second kappa shape index (κ2) is 9.20. The maximum absolute atomic E-state index is 13.2. The van der Waals surface area contributed by atoms with Crippen LogP contribution in [0.3, 0.4) is 0 Å². The van der Waals surface area contributed by atoms with Crippen molar-refractivity contribution in [2.75, 3.05) is 20.1 Å². The van der Waals surface area contributed by atoms with Crippen LogP contribution in [-0.4, -0.2) is 47.0 Å². The molecule has 0 saturated carbocycles. The largest absolute Gasteiger partial charge is 0.331 e. The highest BCUT2D eigenvalue weighted by Crippen LogP contribution is 2.21. The summed E-state index contributed by atoms with van der Waals surface area (Å²) in [5.41, 5.74) is 4.73. The Bertz CT molecular complexity index is 784. The molecule has 2 aromatic rings. The first-order valence-electron chi connectivity index (χ1n) is 10.2. The van der Waals surface area contributed by atoms with Gasteiger partial charge in [-0.15, -0.1) is 0 Å². The lowest BCUT2D eigenvalue weighted by Gasteiger charge is -2.38. The lowest BCUT2D eigenvalue weighted by molar-refractivity contribution is 0.125. The maximum atomic E-state index is 13.2. The molecule has 150 valence electrons. The summed E-state index contributed by atoms with van der Waals surface area (Å²) in [6.45, 7) is 8.91. The number of aryl methyl sites for hydroxylation is 2. The fourth-order valence-electron chi connectivity index (χ4n) is 3.75. The summed E-state index contributed by atoms with van der Waals surface area (Å²) >= 11 is 0. The number of carbonyl (C=O) groups excluding carboxylic acids is 1. The van der Waals surface area contributed by atoms with Crippen molar-refractivity contribution in [2.45, 2.75) is 52.2 Å². The normalized spacial score (nSPS) is 16.6. The molecule has 1 N–H and O–H groups in total. The van der Waals surface area contributed by atoms with E-state index in [1.807, 2.05) is 23.2 Å². The topological polar surface area (TPSA) is 48.5 Å². The Morgan fingerprint density at radius 1 is 1.25 bits per heavy atom. The summed E-state index contributed by atoms with van der Waals surface area (Å²) in [5.74, 6) is 0. The molecule has 1 unspecified atom stereocenters. The van der Waals surface area contributed by atoms with Crippen LogP contribution >= 0.6 is 0 Å². The van der Waals surface area contributed by atoms with Gasteiger partial charge in [0.25, 0.3) is 0 Å². The molecule has 1 saturated heterocycles. The van der Waals surface area contributed by atoms with Crippen LogP contribution in [0.2, 0.25) is 0 Å². The van der Waals surface area contributed by atoms with Crippen LogP contribution in [0.5, 0.6) is 0 Å². The molecule has 28 heavy (non-hydrogen) atoms. The molecule has 1 aromatic carbocycles. The minimum atomic E-state index is -0.0329. The number of hydrogen-bond acceptors (Lipinski definition) is 3. The summed E-state index contributed by atoms with van der Waals surface area (Å²) < 4.78 is 0. The van der Waals surface area contributed by atoms with Gasteiger partial charge in [-0.3, -0.25) is 4.98 Å². The Morgan fingerprint density at radius 3 is 2.64 bits per heavy atom. The van der Waals surface area contributed by atoms with Gasteiger partial charge in [-0.1, -0.05) is 24.3 Å². The van der Waals surface area contributed by atoms with Crippen molar-refractivity contribution in [3.63, 3.8) is 0 Å². The van der Waals surface area contributed by atoms with E-state index in [9.17, 15) is 4.79 Å². The zero-order chi connectivity index (χ0) is 20.1.